The van der Waals surface area contributed by atoms with Crippen molar-refractivity contribution in [3.05, 3.63) is 107 Å². The molecule has 0 aliphatic heterocycles. The van der Waals surface area contributed by atoms with Crippen molar-refractivity contribution < 1.29 is 14.4 Å². The molecule has 6 nitrogen and oxygen atoms in total. The highest BCUT2D eigenvalue weighted by atomic mass is 16.2. The highest BCUT2D eigenvalue weighted by Crippen LogP contribution is 2.11. The Balaban J connectivity index is 1.50. The van der Waals surface area contributed by atoms with E-state index in [1.165, 1.54) is 6.08 Å². The predicted octanol–water partition coefficient (Wildman–Crippen LogP) is 3.72. The number of hydrazine groups is 1. The zero-order valence-corrected chi connectivity index (χ0v) is 16.4. The lowest BCUT2D eigenvalue weighted by atomic mass is 10.1. The van der Waals surface area contributed by atoms with Crippen molar-refractivity contribution in [3.8, 4) is 0 Å². The number of aryl methyl sites for hydroxylation is 1. The van der Waals surface area contributed by atoms with Crippen molar-refractivity contribution in [2.75, 3.05) is 5.32 Å². The van der Waals surface area contributed by atoms with E-state index in [-0.39, 0.29) is 5.91 Å². The fourth-order valence-electron chi connectivity index (χ4n) is 2.58. The number of hydrogen-bond acceptors (Lipinski definition) is 3. The summed E-state index contributed by atoms with van der Waals surface area (Å²) in [4.78, 5) is 36.2. The molecule has 3 rings (SSSR count). The molecule has 0 atom stereocenters. The molecule has 30 heavy (non-hydrogen) atoms. The Morgan fingerprint density at radius 1 is 0.700 bits per heavy atom. The Bertz CT molecular complexity index is 1060. The number of rotatable bonds is 5. The molecule has 0 saturated heterocycles. The van der Waals surface area contributed by atoms with Crippen molar-refractivity contribution >= 4 is 29.5 Å². The van der Waals surface area contributed by atoms with Gasteiger partial charge in [-0.25, -0.2) is 0 Å². The second-order valence-corrected chi connectivity index (χ2v) is 6.58. The summed E-state index contributed by atoms with van der Waals surface area (Å²) >= 11 is 0. The van der Waals surface area contributed by atoms with Crippen LogP contribution in [0.5, 0.6) is 0 Å². The summed E-state index contributed by atoms with van der Waals surface area (Å²) < 4.78 is 0. The molecular formula is C24H21N3O3. The fraction of sp³-hybridized carbons (Fsp3) is 0.0417. The maximum absolute atomic E-state index is 12.2. The van der Waals surface area contributed by atoms with E-state index in [1.807, 2.05) is 37.3 Å². The van der Waals surface area contributed by atoms with Crippen LogP contribution in [-0.4, -0.2) is 17.7 Å². The SMILES string of the molecule is Cc1ccc(C=CC(=O)NNC(=O)c2ccc(NC(=O)c3ccccc3)cc2)cc1. The first kappa shape index (κ1) is 20.5. The molecule has 3 aromatic carbocycles. The third kappa shape index (κ3) is 5.90. The lowest BCUT2D eigenvalue weighted by Crippen LogP contribution is -2.40. The van der Waals surface area contributed by atoms with E-state index in [2.05, 4.69) is 16.2 Å². The van der Waals surface area contributed by atoms with Crippen LogP contribution in [0.1, 0.15) is 31.8 Å². The van der Waals surface area contributed by atoms with Gasteiger partial charge in [0, 0.05) is 22.9 Å². The average molecular weight is 399 g/mol. The Morgan fingerprint density at radius 2 is 1.33 bits per heavy atom. The molecule has 0 bridgehead atoms. The predicted molar refractivity (Wildman–Crippen MR) is 117 cm³/mol. The van der Waals surface area contributed by atoms with Crippen LogP contribution in [0.25, 0.3) is 6.08 Å². The second kappa shape index (κ2) is 9.84. The quantitative estimate of drug-likeness (QED) is 0.451. The third-order valence-corrected chi connectivity index (χ3v) is 4.24. The summed E-state index contributed by atoms with van der Waals surface area (Å²) in [7, 11) is 0. The van der Waals surface area contributed by atoms with Crippen LogP contribution in [0, 0.1) is 6.92 Å². The standard InChI is InChI=1S/C24H21N3O3/c1-17-7-9-18(10-8-17)11-16-22(28)26-27-24(30)20-12-14-21(15-13-20)25-23(29)19-5-3-2-4-6-19/h2-16H,1H3,(H,25,29)(H,26,28)(H,27,30). The summed E-state index contributed by atoms with van der Waals surface area (Å²) in [5.41, 5.74) is 8.15. The average Bonchev–Trinajstić information content (AvgIpc) is 2.78. The minimum Gasteiger partial charge on any atom is -0.322 e. The molecule has 0 aliphatic rings. The van der Waals surface area contributed by atoms with Crippen molar-refractivity contribution in [1.82, 2.24) is 10.9 Å². The third-order valence-electron chi connectivity index (χ3n) is 4.24. The van der Waals surface area contributed by atoms with Crippen molar-refractivity contribution in [2.24, 2.45) is 0 Å². The van der Waals surface area contributed by atoms with E-state index in [4.69, 9.17) is 0 Å². The number of amides is 3. The van der Waals surface area contributed by atoms with E-state index >= 15 is 0 Å². The van der Waals surface area contributed by atoms with Gasteiger partial charge in [-0.15, -0.1) is 0 Å². The summed E-state index contributed by atoms with van der Waals surface area (Å²) in [6.07, 6.45) is 3.00. The zero-order valence-electron chi connectivity index (χ0n) is 16.4. The molecule has 3 amide bonds. The second-order valence-electron chi connectivity index (χ2n) is 6.58. The smallest absolute Gasteiger partial charge is 0.269 e. The number of nitrogens with one attached hydrogen (secondary N) is 3. The molecule has 3 N–H and O–H groups in total. The van der Waals surface area contributed by atoms with Gasteiger partial charge in [-0.1, -0.05) is 48.0 Å². The molecule has 6 heteroatoms. The molecule has 0 saturated carbocycles. The fourth-order valence-corrected chi connectivity index (χ4v) is 2.58. The minimum atomic E-state index is -0.465. The van der Waals surface area contributed by atoms with Gasteiger partial charge < -0.3 is 5.32 Å². The Hall–Kier alpha value is -4.19. The highest BCUT2D eigenvalue weighted by molar-refractivity contribution is 6.04. The molecule has 0 aliphatic carbocycles. The topological polar surface area (TPSA) is 87.3 Å². The summed E-state index contributed by atoms with van der Waals surface area (Å²) in [5.74, 6) is -1.15. The molecular weight excluding hydrogens is 378 g/mol. The summed E-state index contributed by atoms with van der Waals surface area (Å²) in [6, 6.07) is 22.9. The van der Waals surface area contributed by atoms with E-state index < -0.39 is 11.8 Å². The van der Waals surface area contributed by atoms with Crippen LogP contribution in [0.15, 0.2) is 84.9 Å². The summed E-state index contributed by atoms with van der Waals surface area (Å²) in [5, 5.41) is 2.76. The number of anilines is 1. The van der Waals surface area contributed by atoms with Crippen LogP contribution >= 0.6 is 0 Å². The van der Waals surface area contributed by atoms with Crippen LogP contribution < -0.4 is 16.2 Å². The first-order valence-electron chi connectivity index (χ1n) is 9.33. The lowest BCUT2D eigenvalue weighted by molar-refractivity contribution is -0.117. The van der Waals surface area contributed by atoms with Gasteiger partial charge in [-0.3, -0.25) is 25.2 Å². The van der Waals surface area contributed by atoms with Gasteiger partial charge in [0.2, 0.25) is 0 Å². The largest absolute Gasteiger partial charge is 0.322 e. The van der Waals surface area contributed by atoms with Crippen molar-refractivity contribution in [3.63, 3.8) is 0 Å². The monoisotopic (exact) mass is 399 g/mol. The van der Waals surface area contributed by atoms with Crippen LogP contribution in [-0.2, 0) is 4.79 Å². The van der Waals surface area contributed by atoms with Gasteiger partial charge in [0.15, 0.2) is 0 Å². The number of hydrogen-bond donors (Lipinski definition) is 3. The first-order chi connectivity index (χ1) is 14.5. The number of benzene rings is 3. The highest BCUT2D eigenvalue weighted by Gasteiger charge is 2.08. The molecule has 0 spiro atoms. The number of carbonyl (C=O) groups excluding carboxylic acids is 3. The van der Waals surface area contributed by atoms with Crippen LogP contribution in [0.2, 0.25) is 0 Å². The van der Waals surface area contributed by atoms with E-state index in [1.54, 1.807) is 54.6 Å². The Labute approximate surface area is 174 Å². The van der Waals surface area contributed by atoms with Gasteiger partial charge >= 0.3 is 0 Å². The molecule has 0 radical (unpaired) electrons. The molecule has 0 fully saturated rings. The maximum atomic E-state index is 12.2. The maximum Gasteiger partial charge on any atom is 0.269 e. The van der Waals surface area contributed by atoms with Gasteiger partial charge in [-0.05, 0) is 55.0 Å². The normalized spacial score (nSPS) is 10.4. The van der Waals surface area contributed by atoms with Gasteiger partial charge in [0.25, 0.3) is 17.7 Å². The van der Waals surface area contributed by atoms with E-state index in [0.29, 0.717) is 16.8 Å². The van der Waals surface area contributed by atoms with Crippen molar-refractivity contribution in [1.29, 1.82) is 0 Å². The molecule has 0 unspecified atom stereocenters. The Morgan fingerprint density at radius 3 is 2.00 bits per heavy atom. The van der Waals surface area contributed by atoms with Gasteiger partial charge in [-0.2, -0.15) is 0 Å². The molecule has 0 aromatic heterocycles. The zero-order chi connectivity index (χ0) is 21.3. The van der Waals surface area contributed by atoms with Crippen LogP contribution in [0.3, 0.4) is 0 Å². The van der Waals surface area contributed by atoms with Gasteiger partial charge in [0.05, 0.1) is 0 Å². The summed E-state index contributed by atoms with van der Waals surface area (Å²) in [6.45, 7) is 1.99. The van der Waals surface area contributed by atoms with E-state index in [0.717, 1.165) is 11.1 Å². The lowest BCUT2D eigenvalue weighted by Gasteiger charge is -2.08. The van der Waals surface area contributed by atoms with Crippen LogP contribution in [0.4, 0.5) is 5.69 Å². The number of carbonyl (C=O) groups is 3. The molecule has 150 valence electrons. The minimum absolute atomic E-state index is 0.236. The van der Waals surface area contributed by atoms with E-state index in [9.17, 15) is 14.4 Å². The molecule has 0 heterocycles. The Kier molecular flexibility index (Phi) is 6.74. The first-order valence-corrected chi connectivity index (χ1v) is 9.33. The van der Waals surface area contributed by atoms with Gasteiger partial charge in [0.1, 0.15) is 0 Å². The van der Waals surface area contributed by atoms with Crippen molar-refractivity contribution in [2.45, 2.75) is 6.92 Å². The molecule has 3 aromatic rings.